The summed E-state index contributed by atoms with van der Waals surface area (Å²) in [5, 5.41) is 4.79. The van der Waals surface area contributed by atoms with Gasteiger partial charge in [0.25, 0.3) is 0 Å². The summed E-state index contributed by atoms with van der Waals surface area (Å²) in [4.78, 5) is 16.6. The third kappa shape index (κ3) is 3.35. The van der Waals surface area contributed by atoms with Gasteiger partial charge in [0.1, 0.15) is 17.0 Å². The highest BCUT2D eigenvalue weighted by Crippen LogP contribution is 2.40. The predicted molar refractivity (Wildman–Crippen MR) is 118 cm³/mol. The molecule has 0 unspecified atom stereocenters. The molecule has 1 fully saturated rings. The van der Waals surface area contributed by atoms with Crippen LogP contribution < -0.4 is 10.2 Å². The zero-order valence-corrected chi connectivity index (χ0v) is 17.4. The van der Waals surface area contributed by atoms with E-state index in [0.29, 0.717) is 0 Å². The van der Waals surface area contributed by atoms with Crippen molar-refractivity contribution in [2.24, 2.45) is 5.92 Å². The molecule has 1 N–H and O–H groups in total. The zero-order valence-electron chi connectivity index (χ0n) is 16.6. The van der Waals surface area contributed by atoms with Gasteiger partial charge in [0.2, 0.25) is 0 Å². The fraction of sp³-hybridized carbons (Fsp3) is 0.455. The van der Waals surface area contributed by atoms with Crippen molar-refractivity contribution in [3.63, 3.8) is 0 Å². The highest BCUT2D eigenvalue weighted by Gasteiger charge is 2.23. The molecule has 1 saturated heterocycles. The second-order valence-electron chi connectivity index (χ2n) is 8.22. The number of likely N-dealkylation sites (N-methyl/N-ethyl adjacent to an activating group) is 1. The molecule has 0 bridgehead atoms. The second kappa shape index (κ2) is 7.33. The van der Waals surface area contributed by atoms with Crippen LogP contribution in [0, 0.1) is 5.92 Å². The lowest BCUT2D eigenvalue weighted by Crippen LogP contribution is -2.44. The number of nitrogens with zero attached hydrogens (tertiary/aromatic N) is 4. The van der Waals surface area contributed by atoms with E-state index >= 15 is 0 Å². The van der Waals surface area contributed by atoms with Gasteiger partial charge in [0, 0.05) is 42.4 Å². The Morgan fingerprint density at radius 3 is 2.64 bits per heavy atom. The molecule has 5 rings (SSSR count). The number of fused-ring (bicyclic) bond motifs is 3. The average Bonchev–Trinajstić information content (AvgIpc) is 3.07. The smallest absolute Gasteiger partial charge is 0.142 e. The Morgan fingerprint density at radius 1 is 1.07 bits per heavy atom. The maximum atomic E-state index is 4.59. The Hall–Kier alpha value is -2.18. The van der Waals surface area contributed by atoms with E-state index < -0.39 is 0 Å². The summed E-state index contributed by atoms with van der Waals surface area (Å²) in [7, 11) is 2.19. The second-order valence-corrected chi connectivity index (χ2v) is 9.30. The van der Waals surface area contributed by atoms with Gasteiger partial charge in [-0.3, -0.25) is 0 Å². The van der Waals surface area contributed by atoms with Crippen LogP contribution in [0.5, 0.6) is 0 Å². The Balaban J connectivity index is 1.40. The van der Waals surface area contributed by atoms with Crippen molar-refractivity contribution >= 4 is 38.7 Å². The van der Waals surface area contributed by atoms with E-state index in [4.69, 9.17) is 0 Å². The summed E-state index contributed by atoms with van der Waals surface area (Å²) in [6.45, 7) is 6.78. The molecule has 28 heavy (non-hydrogen) atoms. The molecule has 0 spiro atoms. The van der Waals surface area contributed by atoms with Crippen molar-refractivity contribution < 1.29 is 0 Å². The monoisotopic (exact) mass is 393 g/mol. The Bertz CT molecular complexity index is 973. The van der Waals surface area contributed by atoms with Crippen molar-refractivity contribution in [3.8, 4) is 0 Å². The van der Waals surface area contributed by atoms with Gasteiger partial charge in [-0.1, -0.05) is 6.92 Å². The van der Waals surface area contributed by atoms with E-state index in [1.807, 2.05) is 11.3 Å². The molecule has 1 atom stereocenters. The highest BCUT2D eigenvalue weighted by atomic mass is 32.1. The van der Waals surface area contributed by atoms with Gasteiger partial charge in [-0.15, -0.1) is 11.3 Å². The van der Waals surface area contributed by atoms with Gasteiger partial charge < -0.3 is 15.1 Å². The summed E-state index contributed by atoms with van der Waals surface area (Å²) in [5.74, 6) is 1.72. The molecule has 3 heterocycles. The normalized spacial score (nSPS) is 20.4. The quantitative estimate of drug-likeness (QED) is 0.718. The number of thiophene rings is 1. The van der Waals surface area contributed by atoms with Crippen molar-refractivity contribution in [2.75, 3.05) is 43.4 Å². The fourth-order valence-corrected chi connectivity index (χ4v) is 5.68. The number of nitrogens with one attached hydrogen (secondary N) is 1. The van der Waals surface area contributed by atoms with Gasteiger partial charge in [-0.2, -0.15) is 0 Å². The Morgan fingerprint density at radius 2 is 1.86 bits per heavy atom. The van der Waals surface area contributed by atoms with Crippen LogP contribution in [0.2, 0.25) is 0 Å². The first kappa shape index (κ1) is 17.9. The van der Waals surface area contributed by atoms with E-state index in [1.165, 1.54) is 34.4 Å². The van der Waals surface area contributed by atoms with Crippen molar-refractivity contribution in [2.45, 2.75) is 26.2 Å². The number of anilines is 3. The lowest BCUT2D eigenvalue weighted by atomic mass is 9.89. The van der Waals surface area contributed by atoms with E-state index in [0.717, 1.165) is 54.9 Å². The molecule has 2 aromatic heterocycles. The summed E-state index contributed by atoms with van der Waals surface area (Å²) in [6, 6.07) is 8.78. The standard InChI is InChI=1S/C22H27N5S/c1-15-3-8-18-19(13-15)28-22-20(18)21(23-14-24-22)25-16-4-6-17(7-5-16)27-11-9-26(2)10-12-27/h4-7,14-15H,3,8-13H2,1-2H3,(H,23,24,25)/t15-/m1/s1. The van der Waals surface area contributed by atoms with Crippen LogP contribution in [-0.2, 0) is 12.8 Å². The number of rotatable bonds is 3. The summed E-state index contributed by atoms with van der Waals surface area (Å²) in [6.07, 6.45) is 5.26. The van der Waals surface area contributed by atoms with Crippen LogP contribution in [0.15, 0.2) is 30.6 Å². The van der Waals surface area contributed by atoms with Gasteiger partial charge in [0.15, 0.2) is 0 Å². The molecule has 0 saturated carbocycles. The van der Waals surface area contributed by atoms with Crippen molar-refractivity contribution in [3.05, 3.63) is 41.0 Å². The molecule has 0 amide bonds. The number of piperazine rings is 1. The van der Waals surface area contributed by atoms with Gasteiger partial charge in [-0.25, -0.2) is 9.97 Å². The van der Waals surface area contributed by atoms with Crippen LogP contribution in [0.1, 0.15) is 23.8 Å². The highest BCUT2D eigenvalue weighted by molar-refractivity contribution is 7.19. The predicted octanol–water partition coefficient (Wildman–Crippen LogP) is 4.31. The summed E-state index contributed by atoms with van der Waals surface area (Å²) in [5.41, 5.74) is 3.85. The van der Waals surface area contributed by atoms with E-state index in [-0.39, 0.29) is 0 Å². The molecule has 6 heteroatoms. The van der Waals surface area contributed by atoms with Gasteiger partial charge in [-0.05, 0) is 62.1 Å². The van der Waals surface area contributed by atoms with Gasteiger partial charge >= 0.3 is 0 Å². The maximum absolute atomic E-state index is 4.59. The zero-order chi connectivity index (χ0) is 19.1. The SMILES string of the molecule is C[C@@H]1CCc2c(sc3ncnc(Nc4ccc(N5CCN(C)CC5)cc4)c23)C1. The summed E-state index contributed by atoms with van der Waals surface area (Å²) < 4.78 is 0. The maximum Gasteiger partial charge on any atom is 0.142 e. The number of benzene rings is 1. The number of aromatic nitrogens is 2. The molecular formula is C22H27N5S. The minimum atomic E-state index is 0.770. The number of hydrogen-bond acceptors (Lipinski definition) is 6. The molecule has 146 valence electrons. The first-order chi connectivity index (χ1) is 13.7. The van der Waals surface area contributed by atoms with Gasteiger partial charge in [0.05, 0.1) is 5.39 Å². The van der Waals surface area contributed by atoms with Crippen LogP contribution in [0.4, 0.5) is 17.2 Å². The Kier molecular flexibility index (Phi) is 4.69. The number of aryl methyl sites for hydroxylation is 1. The van der Waals surface area contributed by atoms with Crippen LogP contribution in [-0.4, -0.2) is 48.1 Å². The summed E-state index contributed by atoms with van der Waals surface area (Å²) >= 11 is 1.85. The topological polar surface area (TPSA) is 44.3 Å². The van der Waals surface area contributed by atoms with Crippen LogP contribution >= 0.6 is 11.3 Å². The minimum absolute atomic E-state index is 0.770. The van der Waals surface area contributed by atoms with E-state index in [2.05, 4.69) is 63.3 Å². The average molecular weight is 394 g/mol. The van der Waals surface area contributed by atoms with Crippen LogP contribution in [0.3, 0.4) is 0 Å². The molecule has 1 aromatic carbocycles. The largest absolute Gasteiger partial charge is 0.369 e. The third-order valence-electron chi connectivity index (χ3n) is 6.09. The molecule has 1 aliphatic carbocycles. The van der Waals surface area contributed by atoms with Crippen molar-refractivity contribution in [1.29, 1.82) is 0 Å². The molecule has 1 aliphatic heterocycles. The molecule has 0 radical (unpaired) electrons. The van der Waals surface area contributed by atoms with Crippen molar-refractivity contribution in [1.82, 2.24) is 14.9 Å². The molecule has 5 nitrogen and oxygen atoms in total. The minimum Gasteiger partial charge on any atom is -0.369 e. The Labute approximate surface area is 170 Å². The number of hydrogen-bond donors (Lipinski definition) is 1. The third-order valence-corrected chi connectivity index (χ3v) is 7.25. The first-order valence-electron chi connectivity index (χ1n) is 10.2. The molecule has 2 aliphatic rings. The van der Waals surface area contributed by atoms with E-state index in [1.54, 1.807) is 6.33 Å². The first-order valence-corrected chi connectivity index (χ1v) is 11.0. The molecular weight excluding hydrogens is 366 g/mol. The van der Waals surface area contributed by atoms with Crippen LogP contribution in [0.25, 0.3) is 10.2 Å². The lowest BCUT2D eigenvalue weighted by molar-refractivity contribution is 0.313. The fourth-order valence-electron chi connectivity index (χ4n) is 4.33. The molecule has 3 aromatic rings. The van der Waals surface area contributed by atoms with E-state index in [9.17, 15) is 0 Å². The lowest BCUT2D eigenvalue weighted by Gasteiger charge is -2.34.